The van der Waals surface area contributed by atoms with Crippen molar-refractivity contribution in [2.24, 2.45) is 0 Å². The van der Waals surface area contributed by atoms with Crippen LogP contribution >= 0.6 is 0 Å². The van der Waals surface area contributed by atoms with E-state index >= 15 is 0 Å². The average Bonchev–Trinajstić information content (AvgIpc) is 3.35. The predicted octanol–water partition coefficient (Wildman–Crippen LogP) is 11.9. The maximum absolute atomic E-state index is 4.93. The molecule has 2 unspecified atom stereocenters. The zero-order chi connectivity index (χ0) is 25.4. The summed E-state index contributed by atoms with van der Waals surface area (Å²) in [6, 6.07) is 0.592. The van der Waals surface area contributed by atoms with E-state index in [0.717, 1.165) is 0 Å². The summed E-state index contributed by atoms with van der Waals surface area (Å²) < 4.78 is 2.55. The largest absolute Gasteiger partial charge is 0.332 e. The van der Waals surface area contributed by atoms with Gasteiger partial charge in [0.15, 0.2) is 0 Å². The van der Waals surface area contributed by atoms with Crippen LogP contribution in [0.5, 0.6) is 0 Å². The van der Waals surface area contributed by atoms with Crippen molar-refractivity contribution < 1.29 is 0 Å². The van der Waals surface area contributed by atoms with Gasteiger partial charge in [0.25, 0.3) is 0 Å². The van der Waals surface area contributed by atoms with Gasteiger partial charge < -0.3 is 4.57 Å². The molecule has 0 spiro atoms. The molecule has 0 aromatic carbocycles. The van der Waals surface area contributed by atoms with E-state index in [4.69, 9.17) is 4.98 Å². The monoisotopic (exact) mass is 489 g/mol. The lowest BCUT2D eigenvalue weighted by molar-refractivity contribution is 0.414. The number of hydrogen-bond acceptors (Lipinski definition) is 1. The highest BCUT2D eigenvalue weighted by atomic mass is 15.1. The first kappa shape index (κ1) is 32.2. The predicted molar refractivity (Wildman–Crippen MR) is 158 cm³/mol. The third-order valence-electron chi connectivity index (χ3n) is 8.08. The Bertz CT molecular complexity index is 549. The molecule has 1 aromatic rings. The van der Waals surface area contributed by atoms with Gasteiger partial charge in [-0.15, -0.1) is 0 Å². The van der Waals surface area contributed by atoms with Gasteiger partial charge in [-0.25, -0.2) is 4.98 Å². The van der Waals surface area contributed by atoms with Crippen LogP contribution in [0.25, 0.3) is 0 Å². The molecule has 2 nitrogen and oxygen atoms in total. The Hall–Kier alpha value is -0.790. The third-order valence-corrected chi connectivity index (χ3v) is 8.08. The second kappa shape index (κ2) is 23.6. The quantitative estimate of drug-likeness (QED) is 0.118. The highest BCUT2D eigenvalue weighted by Gasteiger charge is 2.19. The van der Waals surface area contributed by atoms with Crippen molar-refractivity contribution >= 4 is 0 Å². The minimum absolute atomic E-state index is 0.592. The Morgan fingerprint density at radius 2 is 0.914 bits per heavy atom. The Kier molecular flexibility index (Phi) is 21.7. The molecule has 0 N–H and O–H groups in total. The fourth-order valence-corrected chi connectivity index (χ4v) is 5.65. The summed E-state index contributed by atoms with van der Waals surface area (Å²) in [6.07, 6.45) is 37.8. The molecule has 1 heterocycles. The molecule has 0 saturated heterocycles. The van der Waals surface area contributed by atoms with E-state index < -0.39 is 0 Å². The van der Waals surface area contributed by atoms with Gasteiger partial charge in [0.2, 0.25) is 0 Å². The van der Waals surface area contributed by atoms with Gasteiger partial charge in [-0.2, -0.15) is 0 Å². The third kappa shape index (κ3) is 16.6. The van der Waals surface area contributed by atoms with Gasteiger partial charge in [-0.05, 0) is 26.2 Å². The molecule has 35 heavy (non-hydrogen) atoms. The van der Waals surface area contributed by atoms with Crippen molar-refractivity contribution in [3.05, 3.63) is 18.2 Å². The lowest BCUT2D eigenvalue weighted by Crippen LogP contribution is -2.13. The van der Waals surface area contributed by atoms with Crippen molar-refractivity contribution in [3.8, 4) is 0 Å². The summed E-state index contributed by atoms with van der Waals surface area (Å²) in [5.41, 5.74) is 0. The molecular weight excluding hydrogens is 424 g/mol. The Morgan fingerprint density at radius 3 is 1.40 bits per heavy atom. The summed E-state index contributed by atoms with van der Waals surface area (Å²) >= 11 is 0. The number of nitrogens with zero attached hydrogens (tertiary/aromatic N) is 2. The number of aromatic nitrogens is 2. The molecule has 0 amide bonds. The molecule has 0 fully saturated rings. The van der Waals surface area contributed by atoms with Crippen LogP contribution in [0.3, 0.4) is 0 Å². The number of imidazole rings is 1. The molecule has 0 bridgehead atoms. The highest BCUT2D eigenvalue weighted by molar-refractivity contribution is 5.02. The molecule has 0 aliphatic rings. The van der Waals surface area contributed by atoms with Crippen LogP contribution < -0.4 is 0 Å². The number of rotatable bonds is 26. The first-order valence-corrected chi connectivity index (χ1v) is 16.3. The SMILES string of the molecule is CCCCCCCCCCCC(CCCCC)c1nccn1C(C)CCCCCCCCCCC. The smallest absolute Gasteiger partial charge is 0.111 e. The second-order valence-corrected chi connectivity index (χ2v) is 11.5. The Morgan fingerprint density at radius 1 is 0.543 bits per heavy atom. The summed E-state index contributed by atoms with van der Waals surface area (Å²) in [6.45, 7) is 9.36. The highest BCUT2D eigenvalue weighted by Crippen LogP contribution is 2.30. The normalized spacial score (nSPS) is 13.4. The van der Waals surface area contributed by atoms with Crippen LogP contribution in [0, 0.1) is 0 Å². The minimum Gasteiger partial charge on any atom is -0.332 e. The number of unbranched alkanes of at least 4 members (excludes halogenated alkanes) is 18. The van der Waals surface area contributed by atoms with E-state index in [1.807, 2.05) is 0 Å². The van der Waals surface area contributed by atoms with Gasteiger partial charge in [0.05, 0.1) is 0 Å². The molecule has 0 aliphatic heterocycles. The first-order valence-electron chi connectivity index (χ1n) is 16.3. The van der Waals surface area contributed by atoms with E-state index in [9.17, 15) is 0 Å². The van der Waals surface area contributed by atoms with Crippen LogP contribution in [0.1, 0.15) is 200 Å². The zero-order valence-electron chi connectivity index (χ0n) is 24.7. The van der Waals surface area contributed by atoms with Crippen molar-refractivity contribution in [2.75, 3.05) is 0 Å². The lowest BCUT2D eigenvalue weighted by Gasteiger charge is -2.22. The molecular formula is C33H64N2. The van der Waals surface area contributed by atoms with Crippen LogP contribution in [-0.4, -0.2) is 9.55 Å². The van der Waals surface area contributed by atoms with E-state index in [0.29, 0.717) is 12.0 Å². The van der Waals surface area contributed by atoms with Gasteiger partial charge >= 0.3 is 0 Å². The molecule has 1 aromatic heterocycles. The van der Waals surface area contributed by atoms with Crippen molar-refractivity contribution in [1.29, 1.82) is 0 Å². The average molecular weight is 489 g/mol. The van der Waals surface area contributed by atoms with E-state index in [-0.39, 0.29) is 0 Å². The topological polar surface area (TPSA) is 17.8 Å². The fraction of sp³-hybridized carbons (Fsp3) is 0.909. The van der Waals surface area contributed by atoms with Crippen LogP contribution in [0.4, 0.5) is 0 Å². The summed E-state index contributed by atoms with van der Waals surface area (Å²) in [5.74, 6) is 2.05. The van der Waals surface area contributed by atoms with E-state index in [1.165, 1.54) is 160 Å². The van der Waals surface area contributed by atoms with Crippen molar-refractivity contribution in [1.82, 2.24) is 9.55 Å². The molecule has 0 aliphatic carbocycles. The molecule has 206 valence electrons. The molecule has 0 radical (unpaired) electrons. The first-order chi connectivity index (χ1) is 17.2. The van der Waals surface area contributed by atoms with Gasteiger partial charge in [-0.1, -0.05) is 156 Å². The summed E-state index contributed by atoms with van der Waals surface area (Å²) in [4.78, 5) is 4.93. The Balaban J connectivity index is 2.38. The fourth-order valence-electron chi connectivity index (χ4n) is 5.65. The standard InChI is InChI=1S/C33H64N2/c1-5-8-11-13-15-17-19-21-24-26-31(4)35-30-29-34-33(35)32(27-23-10-7-3)28-25-22-20-18-16-14-12-9-6-2/h29-32H,5-28H2,1-4H3. The van der Waals surface area contributed by atoms with E-state index in [1.54, 1.807) is 0 Å². The summed E-state index contributed by atoms with van der Waals surface area (Å²) in [7, 11) is 0. The maximum atomic E-state index is 4.93. The molecule has 1 rings (SSSR count). The van der Waals surface area contributed by atoms with Crippen molar-refractivity contribution in [2.45, 2.75) is 194 Å². The van der Waals surface area contributed by atoms with E-state index in [2.05, 4.69) is 44.7 Å². The van der Waals surface area contributed by atoms with Crippen LogP contribution in [0.15, 0.2) is 12.4 Å². The van der Waals surface area contributed by atoms with Crippen LogP contribution in [0.2, 0.25) is 0 Å². The Labute approximate surface area is 221 Å². The molecule has 2 atom stereocenters. The van der Waals surface area contributed by atoms with Gasteiger partial charge in [0.1, 0.15) is 5.82 Å². The zero-order valence-corrected chi connectivity index (χ0v) is 24.7. The van der Waals surface area contributed by atoms with Gasteiger partial charge in [0, 0.05) is 24.4 Å². The summed E-state index contributed by atoms with van der Waals surface area (Å²) in [5, 5.41) is 0. The van der Waals surface area contributed by atoms with Gasteiger partial charge in [-0.3, -0.25) is 0 Å². The van der Waals surface area contributed by atoms with Crippen molar-refractivity contribution in [3.63, 3.8) is 0 Å². The minimum atomic E-state index is 0.592. The second-order valence-electron chi connectivity index (χ2n) is 11.5. The molecule has 2 heteroatoms. The molecule has 0 saturated carbocycles. The maximum Gasteiger partial charge on any atom is 0.111 e. The number of hydrogen-bond donors (Lipinski definition) is 0. The lowest BCUT2D eigenvalue weighted by atomic mass is 9.93. The van der Waals surface area contributed by atoms with Crippen LogP contribution in [-0.2, 0) is 0 Å².